The standard InChI is InChI=1S/C13H19BrN2O2/c14-11-7-10(9-18)13(15-8-11)16-5-1-3-12(16)4-2-6-17/h7-8,12,17-18H,1-6,9H2. The van der Waals surface area contributed by atoms with E-state index in [2.05, 4.69) is 25.8 Å². The zero-order valence-corrected chi connectivity index (χ0v) is 11.9. The molecule has 0 spiro atoms. The van der Waals surface area contributed by atoms with Crippen LogP contribution in [-0.4, -0.2) is 34.4 Å². The van der Waals surface area contributed by atoms with Crippen LogP contribution >= 0.6 is 15.9 Å². The molecule has 1 unspecified atom stereocenters. The molecule has 1 aromatic rings. The first-order valence-electron chi connectivity index (χ1n) is 6.39. The van der Waals surface area contributed by atoms with Crippen LogP contribution in [-0.2, 0) is 6.61 Å². The molecule has 1 saturated heterocycles. The minimum Gasteiger partial charge on any atom is -0.396 e. The van der Waals surface area contributed by atoms with Crippen molar-refractivity contribution in [2.75, 3.05) is 18.1 Å². The highest BCUT2D eigenvalue weighted by Crippen LogP contribution is 2.30. The van der Waals surface area contributed by atoms with Gasteiger partial charge in [0.25, 0.3) is 0 Å². The Morgan fingerprint density at radius 3 is 3.00 bits per heavy atom. The number of hydrogen-bond donors (Lipinski definition) is 2. The Labute approximate surface area is 116 Å². The normalized spacial score (nSPS) is 19.5. The molecule has 0 radical (unpaired) electrons. The summed E-state index contributed by atoms with van der Waals surface area (Å²) in [4.78, 5) is 6.72. The predicted molar refractivity (Wildman–Crippen MR) is 74.5 cm³/mol. The molecule has 0 amide bonds. The van der Waals surface area contributed by atoms with Crippen molar-refractivity contribution in [3.63, 3.8) is 0 Å². The maximum Gasteiger partial charge on any atom is 0.134 e. The van der Waals surface area contributed by atoms with Gasteiger partial charge in [0, 0.05) is 35.4 Å². The Bertz CT molecular complexity index is 401. The molecule has 2 N–H and O–H groups in total. The molecule has 100 valence electrons. The quantitative estimate of drug-likeness (QED) is 0.873. The molecule has 1 fully saturated rings. The van der Waals surface area contributed by atoms with Crippen LogP contribution in [0.25, 0.3) is 0 Å². The minimum atomic E-state index is 0.00495. The topological polar surface area (TPSA) is 56.6 Å². The second-order valence-corrected chi connectivity index (χ2v) is 5.57. The fourth-order valence-corrected chi connectivity index (χ4v) is 2.97. The Balaban J connectivity index is 2.18. The van der Waals surface area contributed by atoms with E-state index < -0.39 is 0 Å². The number of rotatable bonds is 5. The molecule has 2 rings (SSSR count). The number of pyridine rings is 1. The summed E-state index contributed by atoms with van der Waals surface area (Å²) in [5, 5.41) is 18.4. The number of aliphatic hydroxyl groups is 2. The van der Waals surface area contributed by atoms with Crippen molar-refractivity contribution in [2.45, 2.75) is 38.3 Å². The maximum absolute atomic E-state index is 9.44. The third kappa shape index (κ3) is 3.02. The lowest BCUT2D eigenvalue weighted by Crippen LogP contribution is -2.31. The number of anilines is 1. The summed E-state index contributed by atoms with van der Waals surface area (Å²) >= 11 is 3.38. The summed E-state index contributed by atoms with van der Waals surface area (Å²) in [7, 11) is 0. The van der Waals surface area contributed by atoms with Crippen LogP contribution in [0, 0.1) is 0 Å². The van der Waals surface area contributed by atoms with Gasteiger partial charge in [-0.25, -0.2) is 4.98 Å². The fraction of sp³-hybridized carbons (Fsp3) is 0.615. The van der Waals surface area contributed by atoms with Crippen LogP contribution in [0.15, 0.2) is 16.7 Å². The Kier molecular flexibility index (Phi) is 4.97. The van der Waals surface area contributed by atoms with Gasteiger partial charge in [0.15, 0.2) is 0 Å². The van der Waals surface area contributed by atoms with E-state index in [1.54, 1.807) is 6.20 Å². The average Bonchev–Trinajstić information content (AvgIpc) is 2.84. The second kappa shape index (κ2) is 6.50. The molecule has 0 aromatic carbocycles. The van der Waals surface area contributed by atoms with Crippen molar-refractivity contribution >= 4 is 21.7 Å². The highest BCUT2D eigenvalue weighted by Gasteiger charge is 2.26. The highest BCUT2D eigenvalue weighted by atomic mass is 79.9. The second-order valence-electron chi connectivity index (χ2n) is 4.65. The zero-order chi connectivity index (χ0) is 13.0. The Morgan fingerprint density at radius 2 is 2.28 bits per heavy atom. The van der Waals surface area contributed by atoms with E-state index in [1.165, 1.54) is 0 Å². The van der Waals surface area contributed by atoms with Gasteiger partial charge in [-0.2, -0.15) is 0 Å². The van der Waals surface area contributed by atoms with Gasteiger partial charge in [-0.3, -0.25) is 0 Å². The van der Waals surface area contributed by atoms with Crippen molar-refractivity contribution in [3.05, 3.63) is 22.3 Å². The molecular weight excluding hydrogens is 296 g/mol. The molecule has 0 bridgehead atoms. The van der Waals surface area contributed by atoms with E-state index in [1.807, 2.05) is 6.07 Å². The summed E-state index contributed by atoms with van der Waals surface area (Å²) in [6.07, 6.45) is 5.88. The van der Waals surface area contributed by atoms with Crippen LogP contribution < -0.4 is 4.90 Å². The van der Waals surface area contributed by atoms with Crippen LogP contribution in [0.4, 0.5) is 5.82 Å². The summed E-state index contributed by atoms with van der Waals surface area (Å²) in [5.74, 6) is 0.890. The molecule has 2 heterocycles. The lowest BCUT2D eigenvalue weighted by atomic mass is 10.1. The van der Waals surface area contributed by atoms with Gasteiger partial charge < -0.3 is 15.1 Å². The zero-order valence-electron chi connectivity index (χ0n) is 10.3. The van der Waals surface area contributed by atoms with Crippen molar-refractivity contribution < 1.29 is 10.2 Å². The molecule has 18 heavy (non-hydrogen) atoms. The molecule has 0 saturated carbocycles. The average molecular weight is 315 g/mol. The van der Waals surface area contributed by atoms with Gasteiger partial charge in [-0.15, -0.1) is 0 Å². The summed E-state index contributed by atoms with van der Waals surface area (Å²) in [5.41, 5.74) is 0.861. The van der Waals surface area contributed by atoms with Crippen molar-refractivity contribution in [1.29, 1.82) is 0 Å². The van der Waals surface area contributed by atoms with Crippen LogP contribution in [0.2, 0.25) is 0 Å². The van der Waals surface area contributed by atoms with Gasteiger partial charge >= 0.3 is 0 Å². The van der Waals surface area contributed by atoms with E-state index in [9.17, 15) is 5.11 Å². The van der Waals surface area contributed by atoms with Gasteiger partial charge in [0.1, 0.15) is 5.82 Å². The number of aliphatic hydroxyl groups excluding tert-OH is 2. The van der Waals surface area contributed by atoms with Crippen molar-refractivity contribution in [1.82, 2.24) is 4.98 Å². The minimum absolute atomic E-state index is 0.00495. The molecule has 1 aromatic heterocycles. The first-order valence-corrected chi connectivity index (χ1v) is 7.18. The van der Waals surface area contributed by atoms with Gasteiger partial charge in [0.05, 0.1) is 6.61 Å². The highest BCUT2D eigenvalue weighted by molar-refractivity contribution is 9.10. The van der Waals surface area contributed by atoms with E-state index in [0.717, 1.165) is 48.1 Å². The monoisotopic (exact) mass is 314 g/mol. The van der Waals surface area contributed by atoms with E-state index in [4.69, 9.17) is 5.11 Å². The lowest BCUT2D eigenvalue weighted by molar-refractivity contribution is 0.277. The summed E-state index contributed by atoms with van der Waals surface area (Å²) in [6.45, 7) is 1.23. The van der Waals surface area contributed by atoms with Crippen molar-refractivity contribution in [3.8, 4) is 0 Å². The van der Waals surface area contributed by atoms with Crippen LogP contribution in [0.1, 0.15) is 31.2 Å². The Morgan fingerprint density at radius 1 is 1.44 bits per heavy atom. The third-order valence-corrected chi connectivity index (χ3v) is 3.86. The number of nitrogens with zero attached hydrogens (tertiary/aromatic N) is 2. The largest absolute Gasteiger partial charge is 0.396 e. The number of halogens is 1. The van der Waals surface area contributed by atoms with Gasteiger partial charge in [-0.1, -0.05) is 0 Å². The van der Waals surface area contributed by atoms with Gasteiger partial charge in [-0.05, 0) is 47.7 Å². The molecule has 1 atom stereocenters. The van der Waals surface area contributed by atoms with E-state index in [0.29, 0.717) is 6.04 Å². The first-order chi connectivity index (χ1) is 8.76. The SMILES string of the molecule is OCCCC1CCCN1c1ncc(Br)cc1CO. The fourth-order valence-electron chi connectivity index (χ4n) is 2.59. The molecular formula is C13H19BrN2O2. The Hall–Kier alpha value is -0.650. The van der Waals surface area contributed by atoms with Crippen LogP contribution in [0.3, 0.4) is 0 Å². The predicted octanol–water partition coefficient (Wildman–Crippen LogP) is 2.08. The smallest absolute Gasteiger partial charge is 0.134 e. The first kappa shape index (κ1) is 13.8. The van der Waals surface area contributed by atoms with E-state index >= 15 is 0 Å². The van der Waals surface area contributed by atoms with Crippen molar-refractivity contribution in [2.24, 2.45) is 0 Å². The maximum atomic E-state index is 9.44. The third-order valence-electron chi connectivity index (χ3n) is 3.42. The summed E-state index contributed by atoms with van der Waals surface area (Å²) < 4.78 is 0.890. The molecule has 1 aliphatic rings. The molecule has 0 aliphatic carbocycles. The number of aromatic nitrogens is 1. The number of hydrogen-bond acceptors (Lipinski definition) is 4. The van der Waals surface area contributed by atoms with Crippen LogP contribution in [0.5, 0.6) is 0 Å². The molecule has 4 nitrogen and oxygen atoms in total. The van der Waals surface area contributed by atoms with Gasteiger partial charge in [0.2, 0.25) is 0 Å². The summed E-state index contributed by atoms with van der Waals surface area (Å²) in [6, 6.07) is 2.36. The lowest BCUT2D eigenvalue weighted by Gasteiger charge is -2.27. The molecule has 1 aliphatic heterocycles. The molecule has 5 heteroatoms. The van der Waals surface area contributed by atoms with E-state index in [-0.39, 0.29) is 13.2 Å².